The predicted molar refractivity (Wildman–Crippen MR) is 218 cm³/mol. The maximum atomic E-state index is 13.9. The van der Waals surface area contributed by atoms with Gasteiger partial charge in [0.05, 0.1) is 0 Å². The molecule has 6 aromatic carbocycles. The standard InChI is InChI=1S/C44H33N2O2PS2/c47-49(48,39-25-21-33(22-26-39)41-29-31-43(50-41)45(35-13-5-1-6-14-35)36-15-7-2-8-16-36)40-27-23-34(24-28-40)42-30-32-44(51-42)46(37-17-9-3-10-18-37)38-19-11-4-12-20-38/h1-32H,(H,47,48). The smallest absolute Gasteiger partial charge is 0.258 e. The number of hydrogen-bond donors (Lipinski definition) is 1. The number of para-hydroxylation sites is 4. The fourth-order valence-electron chi connectivity index (χ4n) is 6.13. The van der Waals surface area contributed by atoms with Gasteiger partial charge in [0, 0.05) is 43.1 Å². The van der Waals surface area contributed by atoms with E-state index in [4.69, 9.17) is 0 Å². The molecule has 4 nitrogen and oxygen atoms in total. The number of thiophene rings is 2. The van der Waals surface area contributed by atoms with Gasteiger partial charge in [-0.2, -0.15) is 0 Å². The molecular formula is C44H33N2O2PS2. The molecule has 2 heterocycles. The first-order chi connectivity index (χ1) is 25.0. The highest BCUT2D eigenvalue weighted by molar-refractivity contribution is 7.73. The van der Waals surface area contributed by atoms with Crippen LogP contribution < -0.4 is 20.4 Å². The molecule has 0 fully saturated rings. The molecule has 51 heavy (non-hydrogen) atoms. The Morgan fingerprint density at radius 2 is 0.667 bits per heavy atom. The minimum Gasteiger partial charge on any atom is -0.338 e. The second kappa shape index (κ2) is 14.4. The van der Waals surface area contributed by atoms with Gasteiger partial charge in [-0.05, 0) is 108 Å². The number of nitrogens with zero attached hydrogens (tertiary/aromatic N) is 2. The Bertz CT molecular complexity index is 2150. The van der Waals surface area contributed by atoms with Crippen molar-refractivity contribution in [3.63, 3.8) is 0 Å². The SMILES string of the molecule is O=P(O)(c1ccc(-c2ccc(N(c3ccccc3)c3ccccc3)s2)cc1)c1ccc(-c2ccc(N(c3ccccc3)c3ccccc3)s2)cc1. The third-order valence-electron chi connectivity index (χ3n) is 8.69. The van der Waals surface area contributed by atoms with Crippen molar-refractivity contribution in [3.8, 4) is 20.9 Å². The van der Waals surface area contributed by atoms with Gasteiger partial charge in [-0.25, -0.2) is 0 Å². The highest BCUT2D eigenvalue weighted by atomic mass is 32.1. The quantitative estimate of drug-likeness (QED) is 0.143. The summed E-state index contributed by atoms with van der Waals surface area (Å²) in [6, 6.07) is 64.7. The van der Waals surface area contributed by atoms with Crippen LogP contribution in [0.4, 0.5) is 32.8 Å². The van der Waals surface area contributed by atoms with Crippen LogP contribution in [0.3, 0.4) is 0 Å². The van der Waals surface area contributed by atoms with Crippen molar-refractivity contribution in [1.29, 1.82) is 0 Å². The van der Waals surface area contributed by atoms with Crippen LogP contribution in [0.5, 0.6) is 0 Å². The molecule has 0 unspecified atom stereocenters. The van der Waals surface area contributed by atoms with Crippen LogP contribution in [0, 0.1) is 0 Å². The number of rotatable bonds is 10. The minimum atomic E-state index is -3.81. The van der Waals surface area contributed by atoms with Crippen LogP contribution in [0.15, 0.2) is 194 Å². The Morgan fingerprint density at radius 3 is 0.961 bits per heavy atom. The Hall–Kier alpha value is -5.49. The van der Waals surface area contributed by atoms with Crippen LogP contribution in [-0.4, -0.2) is 4.89 Å². The van der Waals surface area contributed by atoms with Crippen molar-refractivity contribution in [2.45, 2.75) is 0 Å². The van der Waals surface area contributed by atoms with Gasteiger partial charge in [-0.15, -0.1) is 22.7 Å². The summed E-state index contributed by atoms with van der Waals surface area (Å²) in [5, 5.41) is 2.99. The number of benzene rings is 6. The topological polar surface area (TPSA) is 43.8 Å². The normalized spacial score (nSPS) is 11.3. The molecule has 248 valence electrons. The molecule has 0 bridgehead atoms. The summed E-state index contributed by atoms with van der Waals surface area (Å²) >= 11 is 3.37. The van der Waals surface area contributed by atoms with Crippen molar-refractivity contribution in [1.82, 2.24) is 0 Å². The lowest BCUT2D eigenvalue weighted by Crippen LogP contribution is -2.15. The zero-order valence-electron chi connectivity index (χ0n) is 27.5. The van der Waals surface area contributed by atoms with Crippen LogP contribution in [0.1, 0.15) is 0 Å². The van der Waals surface area contributed by atoms with E-state index in [1.807, 2.05) is 97.1 Å². The first-order valence-corrected chi connectivity index (χ1v) is 19.9. The number of anilines is 6. The fourth-order valence-corrected chi connectivity index (χ4v) is 9.64. The van der Waals surface area contributed by atoms with Gasteiger partial charge in [0.25, 0.3) is 7.37 Å². The van der Waals surface area contributed by atoms with Crippen molar-refractivity contribution < 1.29 is 9.46 Å². The zero-order valence-corrected chi connectivity index (χ0v) is 30.0. The molecule has 0 spiro atoms. The van der Waals surface area contributed by atoms with E-state index in [0.717, 1.165) is 53.6 Å². The van der Waals surface area contributed by atoms with E-state index in [2.05, 4.69) is 82.6 Å². The lowest BCUT2D eigenvalue weighted by atomic mass is 10.2. The van der Waals surface area contributed by atoms with E-state index >= 15 is 0 Å². The van der Waals surface area contributed by atoms with E-state index in [1.54, 1.807) is 46.9 Å². The summed E-state index contributed by atoms with van der Waals surface area (Å²) in [6.07, 6.45) is 0. The molecule has 2 aromatic heterocycles. The Kier molecular flexibility index (Phi) is 9.23. The van der Waals surface area contributed by atoms with Gasteiger partial charge in [-0.1, -0.05) is 97.1 Å². The predicted octanol–water partition coefficient (Wildman–Crippen LogP) is 12.3. The maximum absolute atomic E-state index is 13.9. The summed E-state index contributed by atoms with van der Waals surface area (Å²) in [6.45, 7) is 0. The molecule has 0 saturated carbocycles. The largest absolute Gasteiger partial charge is 0.338 e. The lowest BCUT2D eigenvalue weighted by molar-refractivity contribution is 0.501. The first kappa shape index (κ1) is 32.7. The van der Waals surface area contributed by atoms with Gasteiger partial charge in [0.1, 0.15) is 10.0 Å². The average Bonchev–Trinajstić information content (AvgIpc) is 3.88. The lowest BCUT2D eigenvalue weighted by Gasteiger charge is -2.23. The zero-order chi connectivity index (χ0) is 34.6. The molecule has 0 atom stereocenters. The first-order valence-electron chi connectivity index (χ1n) is 16.6. The molecule has 1 N–H and O–H groups in total. The van der Waals surface area contributed by atoms with Crippen molar-refractivity contribution in [2.24, 2.45) is 0 Å². The third kappa shape index (κ3) is 6.83. The molecule has 0 radical (unpaired) electrons. The van der Waals surface area contributed by atoms with Crippen molar-refractivity contribution in [2.75, 3.05) is 9.80 Å². The summed E-state index contributed by atoms with van der Waals surface area (Å²) in [5.74, 6) is 0. The van der Waals surface area contributed by atoms with Gasteiger partial charge >= 0.3 is 0 Å². The second-order valence-corrected chi connectivity index (χ2v) is 16.3. The summed E-state index contributed by atoms with van der Waals surface area (Å²) in [4.78, 5) is 18.0. The van der Waals surface area contributed by atoms with Gasteiger partial charge in [0.2, 0.25) is 0 Å². The van der Waals surface area contributed by atoms with Crippen LogP contribution >= 0.6 is 30.0 Å². The Labute approximate surface area is 306 Å². The summed E-state index contributed by atoms with van der Waals surface area (Å²) in [5.41, 5.74) is 6.34. The van der Waals surface area contributed by atoms with Crippen LogP contribution in [0.25, 0.3) is 20.9 Å². The summed E-state index contributed by atoms with van der Waals surface area (Å²) in [7, 11) is -3.81. The highest BCUT2D eigenvalue weighted by Gasteiger charge is 2.25. The molecule has 0 aliphatic heterocycles. The van der Waals surface area contributed by atoms with Crippen molar-refractivity contribution in [3.05, 3.63) is 194 Å². The minimum absolute atomic E-state index is 0.408. The molecule has 0 aliphatic carbocycles. The molecule has 0 aliphatic rings. The Morgan fingerprint density at radius 1 is 0.373 bits per heavy atom. The van der Waals surface area contributed by atoms with Crippen molar-refractivity contribution >= 4 is 73.4 Å². The van der Waals surface area contributed by atoms with E-state index in [-0.39, 0.29) is 0 Å². The summed E-state index contributed by atoms with van der Waals surface area (Å²) < 4.78 is 13.9. The highest BCUT2D eigenvalue weighted by Crippen LogP contribution is 2.44. The third-order valence-corrected chi connectivity index (χ3v) is 12.9. The number of hydrogen-bond acceptors (Lipinski definition) is 5. The van der Waals surface area contributed by atoms with Gasteiger partial charge in [0.15, 0.2) is 0 Å². The van der Waals surface area contributed by atoms with Crippen LogP contribution in [0.2, 0.25) is 0 Å². The molecule has 8 rings (SSSR count). The van der Waals surface area contributed by atoms with E-state index in [1.165, 1.54) is 0 Å². The molecule has 7 heteroatoms. The fraction of sp³-hybridized carbons (Fsp3) is 0. The van der Waals surface area contributed by atoms with Gasteiger partial charge in [-0.3, -0.25) is 4.57 Å². The van der Waals surface area contributed by atoms with Crippen LogP contribution in [-0.2, 0) is 4.57 Å². The molecule has 0 amide bonds. The average molecular weight is 717 g/mol. The van der Waals surface area contributed by atoms with E-state index < -0.39 is 7.37 Å². The molecular weight excluding hydrogens is 684 g/mol. The maximum Gasteiger partial charge on any atom is 0.258 e. The molecule has 8 aromatic rings. The van der Waals surface area contributed by atoms with E-state index in [9.17, 15) is 9.46 Å². The van der Waals surface area contributed by atoms with E-state index in [0.29, 0.717) is 10.6 Å². The monoisotopic (exact) mass is 716 g/mol. The van der Waals surface area contributed by atoms with Gasteiger partial charge < -0.3 is 14.7 Å². The second-order valence-electron chi connectivity index (χ2n) is 12.0. The molecule has 0 saturated heterocycles. The Balaban J connectivity index is 1.02.